The standard InChI is InChI=1S/C6H8N2O3/c1-4(3-7)11-6(10)8-5(2)9/h4H,1-2H3,(H,8,9,10). The largest absolute Gasteiger partial charge is 0.431 e. The van der Waals surface area contributed by atoms with E-state index >= 15 is 0 Å². The highest BCUT2D eigenvalue weighted by Gasteiger charge is 2.08. The zero-order valence-corrected chi connectivity index (χ0v) is 6.25. The molecule has 5 nitrogen and oxygen atoms in total. The molecule has 0 aromatic carbocycles. The number of nitrogens with zero attached hydrogens (tertiary/aromatic N) is 1. The van der Waals surface area contributed by atoms with Crippen LogP contribution in [-0.2, 0) is 9.53 Å². The number of alkyl carbamates (subject to hydrolysis) is 1. The molecule has 2 amide bonds. The summed E-state index contributed by atoms with van der Waals surface area (Å²) in [5, 5.41) is 10.0. The summed E-state index contributed by atoms with van der Waals surface area (Å²) in [7, 11) is 0. The van der Waals surface area contributed by atoms with Crippen molar-refractivity contribution < 1.29 is 14.3 Å². The topological polar surface area (TPSA) is 79.2 Å². The molecule has 60 valence electrons. The van der Waals surface area contributed by atoms with Crippen molar-refractivity contribution in [1.82, 2.24) is 5.32 Å². The molecule has 0 spiro atoms. The van der Waals surface area contributed by atoms with E-state index in [1.165, 1.54) is 13.8 Å². The molecule has 0 radical (unpaired) electrons. The minimum absolute atomic E-state index is 0.514. The van der Waals surface area contributed by atoms with Crippen LogP contribution in [0.25, 0.3) is 0 Å². The summed E-state index contributed by atoms with van der Waals surface area (Å²) in [6.45, 7) is 2.58. The summed E-state index contributed by atoms with van der Waals surface area (Å²) in [4.78, 5) is 20.7. The second-order valence-electron chi connectivity index (χ2n) is 1.86. The summed E-state index contributed by atoms with van der Waals surface area (Å²) in [5.74, 6) is -0.514. The molecule has 1 N–H and O–H groups in total. The van der Waals surface area contributed by atoms with E-state index in [9.17, 15) is 9.59 Å². The van der Waals surface area contributed by atoms with Crippen molar-refractivity contribution in [1.29, 1.82) is 5.26 Å². The zero-order valence-electron chi connectivity index (χ0n) is 6.25. The van der Waals surface area contributed by atoms with E-state index in [1.54, 1.807) is 6.07 Å². The summed E-state index contributed by atoms with van der Waals surface area (Å²) < 4.78 is 4.38. The average molecular weight is 156 g/mol. The second-order valence-corrected chi connectivity index (χ2v) is 1.86. The van der Waals surface area contributed by atoms with Gasteiger partial charge in [-0.2, -0.15) is 5.26 Å². The van der Waals surface area contributed by atoms with Crippen molar-refractivity contribution in [3.05, 3.63) is 0 Å². The van der Waals surface area contributed by atoms with E-state index in [-0.39, 0.29) is 0 Å². The molecule has 0 aromatic heterocycles. The van der Waals surface area contributed by atoms with Gasteiger partial charge in [-0.25, -0.2) is 4.79 Å². The predicted molar refractivity (Wildman–Crippen MR) is 35.4 cm³/mol. The van der Waals surface area contributed by atoms with E-state index in [0.29, 0.717) is 0 Å². The third kappa shape index (κ3) is 4.90. The normalized spacial score (nSPS) is 11.0. The molecule has 0 heterocycles. The fourth-order valence-electron chi connectivity index (χ4n) is 0.360. The molecule has 0 saturated heterocycles. The van der Waals surface area contributed by atoms with Gasteiger partial charge in [0.2, 0.25) is 5.91 Å². The first kappa shape index (κ1) is 9.43. The second kappa shape index (κ2) is 4.28. The Morgan fingerprint density at radius 3 is 2.55 bits per heavy atom. The predicted octanol–water partition coefficient (Wildman–Crippen LogP) is 0.171. The number of rotatable bonds is 1. The van der Waals surface area contributed by atoms with Gasteiger partial charge in [0.15, 0.2) is 6.10 Å². The number of nitriles is 1. The van der Waals surface area contributed by atoms with Crippen molar-refractivity contribution in [2.75, 3.05) is 0 Å². The molecule has 0 aliphatic heterocycles. The van der Waals surface area contributed by atoms with E-state index in [0.717, 1.165) is 0 Å². The highest BCUT2D eigenvalue weighted by molar-refractivity contribution is 5.90. The van der Waals surface area contributed by atoms with E-state index in [4.69, 9.17) is 5.26 Å². The van der Waals surface area contributed by atoms with Crippen molar-refractivity contribution in [2.45, 2.75) is 20.0 Å². The highest BCUT2D eigenvalue weighted by Crippen LogP contribution is 1.87. The lowest BCUT2D eigenvalue weighted by Gasteiger charge is -2.04. The Balaban J connectivity index is 3.72. The smallest absolute Gasteiger partial charge is 0.415 e. The lowest BCUT2D eigenvalue weighted by molar-refractivity contribution is -0.118. The maximum Gasteiger partial charge on any atom is 0.415 e. The maximum absolute atomic E-state index is 10.5. The van der Waals surface area contributed by atoms with Crippen LogP contribution in [0.4, 0.5) is 4.79 Å². The Hall–Kier alpha value is -1.57. The molecule has 0 saturated carbocycles. The third-order valence-electron chi connectivity index (χ3n) is 0.744. The Kier molecular flexibility index (Phi) is 3.67. The van der Waals surface area contributed by atoms with E-state index in [2.05, 4.69) is 4.74 Å². The fraction of sp³-hybridized carbons (Fsp3) is 0.500. The third-order valence-corrected chi connectivity index (χ3v) is 0.744. The van der Waals surface area contributed by atoms with Crippen LogP contribution in [-0.4, -0.2) is 18.1 Å². The number of imide groups is 1. The van der Waals surface area contributed by atoms with Crippen molar-refractivity contribution in [3.63, 3.8) is 0 Å². The van der Waals surface area contributed by atoms with Crippen LogP contribution in [0.15, 0.2) is 0 Å². The molecule has 0 aromatic rings. The Morgan fingerprint density at radius 2 is 2.18 bits per heavy atom. The van der Waals surface area contributed by atoms with Crippen LogP contribution < -0.4 is 5.32 Å². The van der Waals surface area contributed by atoms with Crippen LogP contribution in [0.2, 0.25) is 0 Å². The van der Waals surface area contributed by atoms with Crippen LogP contribution in [0.1, 0.15) is 13.8 Å². The SMILES string of the molecule is CC(=O)NC(=O)OC(C)C#N. The quantitative estimate of drug-likeness (QED) is 0.586. The first-order chi connectivity index (χ1) is 5.06. The van der Waals surface area contributed by atoms with Gasteiger partial charge in [-0.1, -0.05) is 0 Å². The zero-order chi connectivity index (χ0) is 8.85. The number of carbonyl (C=O) groups excluding carboxylic acids is 2. The maximum atomic E-state index is 10.5. The van der Waals surface area contributed by atoms with Crippen LogP contribution in [0.5, 0.6) is 0 Å². The number of hydrogen-bond donors (Lipinski definition) is 1. The monoisotopic (exact) mass is 156 g/mol. The lowest BCUT2D eigenvalue weighted by Crippen LogP contribution is -2.30. The molecule has 0 aliphatic rings. The molecule has 0 fully saturated rings. The number of nitrogens with one attached hydrogen (secondary N) is 1. The van der Waals surface area contributed by atoms with Gasteiger partial charge in [0, 0.05) is 6.92 Å². The van der Waals surface area contributed by atoms with Gasteiger partial charge in [-0.15, -0.1) is 0 Å². The molecule has 11 heavy (non-hydrogen) atoms. The lowest BCUT2D eigenvalue weighted by atomic mass is 10.5. The minimum Gasteiger partial charge on any atom is -0.431 e. The molecule has 1 unspecified atom stereocenters. The van der Waals surface area contributed by atoms with Crippen molar-refractivity contribution >= 4 is 12.0 Å². The number of carbonyl (C=O) groups is 2. The molecule has 5 heteroatoms. The van der Waals surface area contributed by atoms with Gasteiger partial charge >= 0.3 is 6.09 Å². The van der Waals surface area contributed by atoms with Crippen molar-refractivity contribution in [2.24, 2.45) is 0 Å². The van der Waals surface area contributed by atoms with E-state index < -0.39 is 18.1 Å². The van der Waals surface area contributed by atoms with Gasteiger partial charge in [0.25, 0.3) is 0 Å². The van der Waals surface area contributed by atoms with Crippen LogP contribution >= 0.6 is 0 Å². The van der Waals surface area contributed by atoms with Crippen LogP contribution in [0.3, 0.4) is 0 Å². The number of ether oxygens (including phenoxy) is 1. The van der Waals surface area contributed by atoms with Gasteiger partial charge in [0.1, 0.15) is 6.07 Å². The first-order valence-electron chi connectivity index (χ1n) is 2.94. The summed E-state index contributed by atoms with van der Waals surface area (Å²) >= 11 is 0. The molecule has 0 bridgehead atoms. The van der Waals surface area contributed by atoms with E-state index in [1.807, 2.05) is 5.32 Å². The Morgan fingerprint density at radius 1 is 1.64 bits per heavy atom. The summed E-state index contributed by atoms with van der Waals surface area (Å²) in [6, 6.07) is 1.67. The van der Waals surface area contributed by atoms with Gasteiger partial charge in [-0.3, -0.25) is 10.1 Å². The molecule has 0 aliphatic carbocycles. The summed E-state index contributed by atoms with van der Waals surface area (Å²) in [6.07, 6.45) is -1.74. The van der Waals surface area contributed by atoms with Crippen LogP contribution in [0, 0.1) is 11.3 Å². The van der Waals surface area contributed by atoms with Gasteiger partial charge < -0.3 is 4.74 Å². The summed E-state index contributed by atoms with van der Waals surface area (Å²) in [5.41, 5.74) is 0. The highest BCUT2D eigenvalue weighted by atomic mass is 16.6. The van der Waals surface area contributed by atoms with Crippen molar-refractivity contribution in [3.8, 4) is 6.07 Å². The Labute approximate surface area is 63.9 Å². The molecular formula is C6H8N2O3. The average Bonchev–Trinajstić information content (AvgIpc) is 1.85. The first-order valence-corrected chi connectivity index (χ1v) is 2.94. The fourth-order valence-corrected chi connectivity index (χ4v) is 0.360. The van der Waals surface area contributed by atoms with Gasteiger partial charge in [-0.05, 0) is 6.92 Å². The van der Waals surface area contributed by atoms with Gasteiger partial charge in [0.05, 0.1) is 0 Å². The molecular weight excluding hydrogens is 148 g/mol. The number of amides is 2. The molecule has 0 rings (SSSR count). The minimum atomic E-state index is -0.897. The Bertz CT molecular complexity index is 206. The molecule has 1 atom stereocenters. The number of hydrogen-bond acceptors (Lipinski definition) is 4.